The Morgan fingerprint density at radius 3 is 2.50 bits per heavy atom. The predicted octanol–water partition coefficient (Wildman–Crippen LogP) is 2.35. The molecular formula is C12H15NO5. The van der Waals surface area contributed by atoms with E-state index in [0.29, 0.717) is 5.75 Å². The largest absolute Gasteiger partial charge is 0.495 e. The van der Waals surface area contributed by atoms with Gasteiger partial charge in [0.05, 0.1) is 24.5 Å². The number of carboxylic acids is 1. The lowest BCUT2D eigenvalue weighted by Crippen LogP contribution is -2.18. The summed E-state index contributed by atoms with van der Waals surface area (Å²) in [4.78, 5) is 22.3. The Balaban J connectivity index is 2.94. The minimum absolute atomic E-state index is 0.0515. The second-order valence-corrected chi connectivity index (χ2v) is 3.80. The predicted molar refractivity (Wildman–Crippen MR) is 65.2 cm³/mol. The van der Waals surface area contributed by atoms with Gasteiger partial charge in [0, 0.05) is 0 Å². The van der Waals surface area contributed by atoms with Crippen LogP contribution in [-0.2, 0) is 4.74 Å². The number of carbonyl (C=O) groups excluding carboxylic acids is 1. The highest BCUT2D eigenvalue weighted by atomic mass is 16.6. The lowest BCUT2D eigenvalue weighted by Gasteiger charge is -2.12. The fraction of sp³-hybridized carbons (Fsp3) is 0.333. The summed E-state index contributed by atoms with van der Waals surface area (Å²) in [7, 11) is 1.43. The van der Waals surface area contributed by atoms with Gasteiger partial charge in [-0.3, -0.25) is 5.32 Å². The first kappa shape index (κ1) is 13.8. The number of benzene rings is 1. The zero-order chi connectivity index (χ0) is 13.7. The fourth-order valence-corrected chi connectivity index (χ4v) is 1.29. The van der Waals surface area contributed by atoms with Gasteiger partial charge in [-0.05, 0) is 32.0 Å². The molecule has 0 aromatic heterocycles. The van der Waals surface area contributed by atoms with Crippen LogP contribution >= 0.6 is 0 Å². The highest BCUT2D eigenvalue weighted by Crippen LogP contribution is 2.25. The number of carbonyl (C=O) groups is 2. The number of ether oxygens (including phenoxy) is 2. The van der Waals surface area contributed by atoms with Gasteiger partial charge in [0.25, 0.3) is 0 Å². The molecule has 0 saturated carbocycles. The number of hydrogen-bond acceptors (Lipinski definition) is 4. The molecule has 1 rings (SSSR count). The Kier molecular flexibility index (Phi) is 4.53. The van der Waals surface area contributed by atoms with E-state index in [2.05, 4.69) is 5.32 Å². The number of rotatable bonds is 4. The van der Waals surface area contributed by atoms with E-state index in [0.717, 1.165) is 0 Å². The number of methoxy groups -OCH3 is 1. The number of carboxylic acid groups (broad SMARTS) is 1. The summed E-state index contributed by atoms with van der Waals surface area (Å²) in [5.41, 5.74) is 0.304. The summed E-state index contributed by atoms with van der Waals surface area (Å²) < 4.78 is 9.92. The van der Waals surface area contributed by atoms with Crippen molar-refractivity contribution in [3.63, 3.8) is 0 Å². The lowest BCUT2D eigenvalue weighted by atomic mass is 10.2. The third-order valence-electron chi connectivity index (χ3n) is 2.03. The van der Waals surface area contributed by atoms with E-state index in [-0.39, 0.29) is 17.4 Å². The van der Waals surface area contributed by atoms with Crippen molar-refractivity contribution in [3.8, 4) is 5.75 Å². The molecule has 6 nitrogen and oxygen atoms in total. The molecule has 1 aromatic carbocycles. The molecule has 0 radical (unpaired) electrons. The fourth-order valence-electron chi connectivity index (χ4n) is 1.29. The van der Waals surface area contributed by atoms with E-state index in [1.807, 2.05) is 0 Å². The average Bonchev–Trinajstić information content (AvgIpc) is 2.27. The Morgan fingerprint density at radius 2 is 2.00 bits per heavy atom. The number of hydrogen-bond donors (Lipinski definition) is 2. The molecule has 0 atom stereocenters. The van der Waals surface area contributed by atoms with Crippen molar-refractivity contribution < 1.29 is 24.2 Å². The second kappa shape index (κ2) is 5.90. The molecule has 0 aliphatic rings. The van der Waals surface area contributed by atoms with Gasteiger partial charge in [-0.1, -0.05) is 0 Å². The van der Waals surface area contributed by atoms with E-state index in [1.165, 1.54) is 25.3 Å². The maximum absolute atomic E-state index is 11.4. The van der Waals surface area contributed by atoms with Crippen molar-refractivity contribution in [1.82, 2.24) is 0 Å². The quantitative estimate of drug-likeness (QED) is 0.860. The van der Waals surface area contributed by atoms with Crippen LogP contribution in [0.15, 0.2) is 18.2 Å². The molecule has 1 aromatic rings. The smallest absolute Gasteiger partial charge is 0.411 e. The maximum Gasteiger partial charge on any atom is 0.411 e. The second-order valence-electron chi connectivity index (χ2n) is 3.80. The van der Waals surface area contributed by atoms with Gasteiger partial charge in [-0.2, -0.15) is 0 Å². The van der Waals surface area contributed by atoms with Crippen LogP contribution in [0.5, 0.6) is 5.75 Å². The first-order valence-electron chi connectivity index (χ1n) is 5.33. The minimum Gasteiger partial charge on any atom is -0.495 e. The van der Waals surface area contributed by atoms with Crippen LogP contribution in [0.1, 0.15) is 24.2 Å². The molecule has 0 saturated heterocycles. The van der Waals surface area contributed by atoms with Crippen LogP contribution in [0.2, 0.25) is 0 Å². The van der Waals surface area contributed by atoms with Crippen molar-refractivity contribution in [1.29, 1.82) is 0 Å². The van der Waals surface area contributed by atoms with Crippen LogP contribution in [0, 0.1) is 0 Å². The van der Waals surface area contributed by atoms with Crippen molar-refractivity contribution in [2.45, 2.75) is 20.0 Å². The summed E-state index contributed by atoms with van der Waals surface area (Å²) in [6.07, 6.45) is -0.926. The highest BCUT2D eigenvalue weighted by Gasteiger charge is 2.12. The van der Waals surface area contributed by atoms with Crippen molar-refractivity contribution in [2.24, 2.45) is 0 Å². The van der Waals surface area contributed by atoms with Crippen molar-refractivity contribution in [2.75, 3.05) is 12.4 Å². The van der Waals surface area contributed by atoms with E-state index >= 15 is 0 Å². The maximum atomic E-state index is 11.4. The van der Waals surface area contributed by atoms with E-state index in [4.69, 9.17) is 14.6 Å². The highest BCUT2D eigenvalue weighted by molar-refractivity contribution is 5.93. The minimum atomic E-state index is -1.09. The summed E-state index contributed by atoms with van der Waals surface area (Å²) >= 11 is 0. The third-order valence-corrected chi connectivity index (χ3v) is 2.03. The molecule has 2 N–H and O–H groups in total. The van der Waals surface area contributed by atoms with Crippen molar-refractivity contribution >= 4 is 17.7 Å². The molecule has 0 aliphatic carbocycles. The van der Waals surface area contributed by atoms with Gasteiger partial charge >= 0.3 is 12.1 Å². The molecule has 1 amide bonds. The van der Waals surface area contributed by atoms with Crippen LogP contribution in [0.3, 0.4) is 0 Å². The first-order valence-corrected chi connectivity index (χ1v) is 5.33. The first-order chi connectivity index (χ1) is 8.43. The van der Waals surface area contributed by atoms with Gasteiger partial charge in [-0.15, -0.1) is 0 Å². The zero-order valence-corrected chi connectivity index (χ0v) is 10.4. The van der Waals surface area contributed by atoms with E-state index in [9.17, 15) is 9.59 Å². The molecule has 0 heterocycles. The lowest BCUT2D eigenvalue weighted by molar-refractivity contribution is 0.0696. The Bertz CT molecular complexity index is 456. The number of amides is 1. The SMILES string of the molecule is COc1ccc(C(=O)O)cc1NC(=O)OC(C)C. The molecular weight excluding hydrogens is 238 g/mol. The molecule has 98 valence electrons. The Hall–Kier alpha value is -2.24. The molecule has 18 heavy (non-hydrogen) atoms. The summed E-state index contributed by atoms with van der Waals surface area (Å²) in [6, 6.07) is 4.16. The summed E-state index contributed by atoms with van der Waals surface area (Å²) in [5, 5.41) is 11.3. The van der Waals surface area contributed by atoms with E-state index in [1.54, 1.807) is 13.8 Å². The average molecular weight is 253 g/mol. The zero-order valence-electron chi connectivity index (χ0n) is 10.4. The number of nitrogens with one attached hydrogen (secondary N) is 1. The van der Waals surface area contributed by atoms with Crippen molar-refractivity contribution in [3.05, 3.63) is 23.8 Å². The summed E-state index contributed by atoms with van der Waals surface area (Å²) in [6.45, 7) is 3.43. The Morgan fingerprint density at radius 1 is 1.33 bits per heavy atom. The van der Waals surface area contributed by atoms with Crippen LogP contribution in [0.25, 0.3) is 0 Å². The van der Waals surface area contributed by atoms with Gasteiger partial charge in [0.2, 0.25) is 0 Å². The third kappa shape index (κ3) is 3.65. The molecule has 6 heteroatoms. The number of aromatic carboxylic acids is 1. The topological polar surface area (TPSA) is 84.9 Å². The van der Waals surface area contributed by atoms with Gasteiger partial charge in [-0.25, -0.2) is 9.59 Å². The monoisotopic (exact) mass is 253 g/mol. The summed E-state index contributed by atoms with van der Waals surface area (Å²) in [5.74, 6) is -0.723. The molecule has 0 unspecified atom stereocenters. The molecule has 0 spiro atoms. The van der Waals surface area contributed by atoms with Gasteiger partial charge in [0.15, 0.2) is 0 Å². The van der Waals surface area contributed by atoms with Gasteiger partial charge in [0.1, 0.15) is 5.75 Å². The molecule has 0 bridgehead atoms. The van der Waals surface area contributed by atoms with Crippen LogP contribution < -0.4 is 10.1 Å². The molecule has 0 fully saturated rings. The van der Waals surface area contributed by atoms with Gasteiger partial charge < -0.3 is 14.6 Å². The standard InChI is InChI=1S/C12H15NO5/c1-7(2)18-12(16)13-9-6-8(11(14)15)4-5-10(9)17-3/h4-7H,1-3H3,(H,13,16)(H,14,15). The normalized spacial score (nSPS) is 10.0. The molecule has 0 aliphatic heterocycles. The van der Waals surface area contributed by atoms with Crippen LogP contribution in [0.4, 0.5) is 10.5 Å². The number of anilines is 1. The van der Waals surface area contributed by atoms with Crippen LogP contribution in [-0.4, -0.2) is 30.4 Å². The van der Waals surface area contributed by atoms with E-state index < -0.39 is 12.1 Å². The Labute approximate surface area is 105 Å².